The van der Waals surface area contributed by atoms with Gasteiger partial charge in [-0.2, -0.15) is 0 Å². The van der Waals surface area contributed by atoms with Crippen molar-refractivity contribution in [3.8, 4) is 0 Å². The van der Waals surface area contributed by atoms with E-state index < -0.39 is 0 Å². The van der Waals surface area contributed by atoms with Gasteiger partial charge in [0.2, 0.25) is 5.91 Å². The number of hydrogen-bond acceptors (Lipinski definition) is 5. The third kappa shape index (κ3) is 3.41. The van der Waals surface area contributed by atoms with Crippen LogP contribution in [0.15, 0.2) is 41.8 Å². The van der Waals surface area contributed by atoms with Gasteiger partial charge in [0.1, 0.15) is 6.33 Å². The highest BCUT2D eigenvalue weighted by Crippen LogP contribution is 2.34. The Hall–Kier alpha value is -2.67. The average molecular weight is 421 g/mol. The molecular weight excluding hydrogens is 396 g/mol. The van der Waals surface area contributed by atoms with Gasteiger partial charge in [-0.25, -0.2) is 0 Å². The van der Waals surface area contributed by atoms with Crippen LogP contribution >= 0.6 is 11.8 Å². The van der Waals surface area contributed by atoms with Gasteiger partial charge in [-0.3, -0.25) is 9.59 Å². The van der Waals surface area contributed by atoms with Gasteiger partial charge in [0.05, 0.1) is 5.75 Å². The first-order valence-electron chi connectivity index (χ1n) is 10.4. The van der Waals surface area contributed by atoms with Crippen LogP contribution in [-0.4, -0.2) is 50.2 Å². The third-order valence-electron chi connectivity index (χ3n) is 6.28. The number of rotatable bonds is 5. The molecule has 154 valence electrons. The van der Waals surface area contributed by atoms with E-state index in [2.05, 4.69) is 34.5 Å². The van der Waals surface area contributed by atoms with Gasteiger partial charge in [0, 0.05) is 31.6 Å². The molecule has 7 heteroatoms. The maximum Gasteiger partial charge on any atom is 0.233 e. The molecule has 3 aromatic rings. The van der Waals surface area contributed by atoms with E-state index in [1.165, 1.54) is 28.3 Å². The Morgan fingerprint density at radius 2 is 2.00 bits per heavy atom. The fourth-order valence-electron chi connectivity index (χ4n) is 4.72. The lowest BCUT2D eigenvalue weighted by Gasteiger charge is -2.32. The number of aromatic nitrogens is 3. The minimum atomic E-state index is -0.138. The Balaban J connectivity index is 1.32. The first-order valence-corrected chi connectivity index (χ1v) is 11.4. The van der Waals surface area contributed by atoms with Crippen molar-refractivity contribution in [1.29, 1.82) is 0 Å². The fourth-order valence-corrected chi connectivity index (χ4v) is 5.51. The standard InChI is InChI=1S/C23H24N4O2S/c1-26-14-24-25-23(26)30-13-20(28)27-11-3-5-17(12-27)22(29)19-10-9-16-8-7-15-4-2-6-18(19)21(15)16/h2,4,6,9-10,14,17H,3,5,7-8,11-13H2,1H3/t17-/m1/s1. The quantitative estimate of drug-likeness (QED) is 0.468. The van der Waals surface area contributed by atoms with Gasteiger partial charge >= 0.3 is 0 Å². The molecule has 5 rings (SSSR count). The van der Waals surface area contributed by atoms with Crippen LogP contribution in [0.3, 0.4) is 0 Å². The maximum atomic E-state index is 13.4. The zero-order chi connectivity index (χ0) is 20.7. The summed E-state index contributed by atoms with van der Waals surface area (Å²) in [5, 5.41) is 10.9. The molecule has 2 heterocycles. The smallest absolute Gasteiger partial charge is 0.233 e. The third-order valence-corrected chi connectivity index (χ3v) is 7.30. The van der Waals surface area contributed by atoms with Crippen molar-refractivity contribution in [3.05, 3.63) is 53.3 Å². The van der Waals surface area contributed by atoms with Crippen molar-refractivity contribution >= 4 is 34.2 Å². The average Bonchev–Trinajstić information content (AvgIpc) is 3.39. The Bertz CT molecular complexity index is 1130. The molecule has 6 nitrogen and oxygen atoms in total. The fraction of sp³-hybridized carbons (Fsp3) is 0.391. The summed E-state index contributed by atoms with van der Waals surface area (Å²) >= 11 is 1.39. The van der Waals surface area contributed by atoms with E-state index >= 15 is 0 Å². The number of carbonyl (C=O) groups excluding carboxylic acids is 2. The molecule has 0 unspecified atom stereocenters. The summed E-state index contributed by atoms with van der Waals surface area (Å²) in [7, 11) is 1.86. The van der Waals surface area contributed by atoms with Crippen molar-refractivity contribution in [2.75, 3.05) is 18.8 Å². The van der Waals surface area contributed by atoms with Crippen molar-refractivity contribution in [1.82, 2.24) is 19.7 Å². The molecule has 1 aliphatic carbocycles. The van der Waals surface area contributed by atoms with Gasteiger partial charge in [0.15, 0.2) is 10.9 Å². The van der Waals surface area contributed by atoms with Gasteiger partial charge in [-0.05, 0) is 47.6 Å². The molecule has 1 amide bonds. The van der Waals surface area contributed by atoms with Crippen molar-refractivity contribution in [2.24, 2.45) is 13.0 Å². The Morgan fingerprint density at radius 1 is 1.17 bits per heavy atom. The summed E-state index contributed by atoms with van der Waals surface area (Å²) in [6.45, 7) is 1.21. The van der Waals surface area contributed by atoms with Crippen LogP contribution in [0.5, 0.6) is 0 Å². The lowest BCUT2D eigenvalue weighted by Crippen LogP contribution is -2.43. The second-order valence-electron chi connectivity index (χ2n) is 8.17. The highest BCUT2D eigenvalue weighted by atomic mass is 32.2. The van der Waals surface area contributed by atoms with Crippen molar-refractivity contribution in [3.63, 3.8) is 0 Å². The van der Waals surface area contributed by atoms with E-state index in [0.717, 1.165) is 41.8 Å². The van der Waals surface area contributed by atoms with Gasteiger partial charge < -0.3 is 9.47 Å². The lowest BCUT2D eigenvalue weighted by molar-refractivity contribution is -0.129. The molecule has 1 atom stereocenters. The van der Waals surface area contributed by atoms with Crippen LogP contribution < -0.4 is 0 Å². The summed E-state index contributed by atoms with van der Waals surface area (Å²) < 4.78 is 1.80. The van der Waals surface area contributed by atoms with E-state index in [4.69, 9.17) is 0 Å². The van der Waals surface area contributed by atoms with E-state index in [1.807, 2.05) is 18.0 Å². The van der Waals surface area contributed by atoms with Crippen LogP contribution in [0, 0.1) is 5.92 Å². The number of nitrogens with zero attached hydrogens (tertiary/aromatic N) is 4. The van der Waals surface area contributed by atoms with E-state index in [9.17, 15) is 9.59 Å². The molecule has 30 heavy (non-hydrogen) atoms. The number of aryl methyl sites for hydroxylation is 3. The molecule has 0 bridgehead atoms. The molecule has 0 spiro atoms. The topological polar surface area (TPSA) is 68.1 Å². The Morgan fingerprint density at radius 3 is 2.80 bits per heavy atom. The summed E-state index contributed by atoms with van der Waals surface area (Å²) in [5.41, 5.74) is 3.50. The van der Waals surface area contributed by atoms with Crippen molar-refractivity contribution in [2.45, 2.75) is 30.8 Å². The number of hydrogen-bond donors (Lipinski definition) is 0. The monoisotopic (exact) mass is 420 g/mol. The molecule has 1 aliphatic heterocycles. The molecule has 1 aromatic heterocycles. The van der Waals surface area contributed by atoms with Crippen molar-refractivity contribution < 1.29 is 9.59 Å². The largest absolute Gasteiger partial charge is 0.341 e. The van der Waals surface area contributed by atoms with Crippen LogP contribution in [0.2, 0.25) is 0 Å². The maximum absolute atomic E-state index is 13.4. The number of piperidine rings is 1. The number of ketones is 1. The molecule has 2 aromatic carbocycles. The summed E-state index contributed by atoms with van der Waals surface area (Å²) in [4.78, 5) is 28.0. The van der Waals surface area contributed by atoms with Crippen LogP contribution in [-0.2, 0) is 24.7 Å². The minimum absolute atomic E-state index is 0.0564. The van der Waals surface area contributed by atoms with Crippen LogP contribution in [0.1, 0.15) is 34.3 Å². The zero-order valence-corrected chi connectivity index (χ0v) is 17.8. The second kappa shape index (κ2) is 7.87. The highest BCUT2D eigenvalue weighted by Gasteiger charge is 2.30. The zero-order valence-electron chi connectivity index (χ0n) is 17.0. The lowest BCUT2D eigenvalue weighted by atomic mass is 9.87. The SMILES string of the molecule is Cn1cnnc1SCC(=O)N1CCC[C@@H](C(=O)c2ccc3c4c(cccc24)CC3)C1. The van der Waals surface area contributed by atoms with Gasteiger partial charge in [0.25, 0.3) is 0 Å². The van der Waals surface area contributed by atoms with Gasteiger partial charge in [-0.15, -0.1) is 10.2 Å². The predicted molar refractivity (Wildman–Crippen MR) is 117 cm³/mol. The van der Waals surface area contributed by atoms with E-state index in [1.54, 1.807) is 10.9 Å². The summed E-state index contributed by atoms with van der Waals surface area (Å²) in [6.07, 6.45) is 5.43. The van der Waals surface area contributed by atoms with E-state index in [-0.39, 0.29) is 17.6 Å². The normalized spacial score (nSPS) is 18.2. The van der Waals surface area contributed by atoms with Crippen LogP contribution in [0.4, 0.5) is 0 Å². The molecule has 0 radical (unpaired) electrons. The molecular formula is C23H24N4O2S. The van der Waals surface area contributed by atoms with E-state index in [0.29, 0.717) is 18.8 Å². The number of benzene rings is 2. The van der Waals surface area contributed by atoms with Gasteiger partial charge in [-0.1, -0.05) is 42.1 Å². The first kappa shape index (κ1) is 19.3. The molecule has 2 aliphatic rings. The van der Waals surface area contributed by atoms with Crippen LogP contribution in [0.25, 0.3) is 10.8 Å². The first-order chi connectivity index (χ1) is 14.6. The molecule has 0 N–H and O–H groups in total. The minimum Gasteiger partial charge on any atom is -0.341 e. The number of thioether (sulfide) groups is 1. The number of likely N-dealkylation sites (tertiary alicyclic amines) is 1. The Labute approximate surface area is 179 Å². The summed E-state index contributed by atoms with van der Waals surface area (Å²) in [5.74, 6) is 0.403. The molecule has 1 fully saturated rings. The number of carbonyl (C=O) groups is 2. The Kier molecular flexibility index (Phi) is 5.06. The molecule has 1 saturated heterocycles. The molecule has 0 saturated carbocycles. The number of Topliss-reactive ketones (excluding diaryl/α,β-unsaturated/α-hetero) is 1. The highest BCUT2D eigenvalue weighted by molar-refractivity contribution is 7.99. The number of amides is 1. The second-order valence-corrected chi connectivity index (χ2v) is 9.11. The summed E-state index contributed by atoms with van der Waals surface area (Å²) in [6, 6.07) is 10.4. The predicted octanol–water partition coefficient (Wildman–Crippen LogP) is 3.28.